The number of imidazole rings is 1. The number of rotatable bonds is 8. The predicted octanol–water partition coefficient (Wildman–Crippen LogP) is 4.79. The highest BCUT2D eigenvalue weighted by Crippen LogP contribution is 2.33. The second kappa shape index (κ2) is 9.23. The number of halogens is 2. The van der Waals surface area contributed by atoms with Crippen molar-refractivity contribution in [1.82, 2.24) is 14.5 Å². The third kappa shape index (κ3) is 4.77. The molecule has 0 N–H and O–H groups in total. The van der Waals surface area contributed by atoms with Crippen molar-refractivity contribution in [2.45, 2.75) is 13.0 Å². The summed E-state index contributed by atoms with van der Waals surface area (Å²) in [5, 5.41) is 1.11. The van der Waals surface area contributed by atoms with E-state index in [1.54, 1.807) is 23.5 Å². The van der Waals surface area contributed by atoms with Gasteiger partial charge in [0.25, 0.3) is 5.91 Å². The van der Waals surface area contributed by atoms with Gasteiger partial charge in [-0.2, -0.15) is 0 Å². The summed E-state index contributed by atoms with van der Waals surface area (Å²) in [5.74, 6) is -0.170. The molecular weight excluding hydrogens is 427 g/mol. The summed E-state index contributed by atoms with van der Waals surface area (Å²) < 4.78 is 21.5. The fourth-order valence-corrected chi connectivity index (χ4v) is 4.24. The average molecular weight is 445 g/mol. The van der Waals surface area contributed by atoms with Crippen LogP contribution >= 0.6 is 22.9 Å². The van der Waals surface area contributed by atoms with Gasteiger partial charge >= 0.3 is 0 Å². The van der Waals surface area contributed by atoms with E-state index in [1.807, 2.05) is 22.9 Å². The van der Waals surface area contributed by atoms with Gasteiger partial charge in [0.2, 0.25) is 0 Å². The summed E-state index contributed by atoms with van der Waals surface area (Å²) in [6.07, 6.45) is 6.04. The number of hydrogen-bond donors (Lipinski definition) is 0. The van der Waals surface area contributed by atoms with E-state index in [0.717, 1.165) is 4.70 Å². The van der Waals surface area contributed by atoms with Crippen molar-refractivity contribution in [2.75, 3.05) is 18.1 Å². The van der Waals surface area contributed by atoms with Crippen LogP contribution in [0.4, 0.5) is 9.52 Å². The van der Waals surface area contributed by atoms with Crippen molar-refractivity contribution in [2.24, 2.45) is 0 Å². The highest BCUT2D eigenvalue weighted by Gasteiger charge is 2.21. The molecule has 0 saturated carbocycles. The van der Waals surface area contributed by atoms with Crippen LogP contribution in [0.25, 0.3) is 10.2 Å². The molecule has 0 saturated heterocycles. The van der Waals surface area contributed by atoms with Gasteiger partial charge in [0.1, 0.15) is 17.1 Å². The molecule has 0 fully saturated rings. The van der Waals surface area contributed by atoms with E-state index in [2.05, 4.69) is 9.97 Å². The fourth-order valence-electron chi connectivity index (χ4n) is 2.93. The van der Waals surface area contributed by atoms with Gasteiger partial charge in [-0.25, -0.2) is 14.4 Å². The number of amides is 1. The number of carbonyl (C=O) groups is 1. The summed E-state index contributed by atoms with van der Waals surface area (Å²) in [5.41, 5.74) is 0.672. The van der Waals surface area contributed by atoms with E-state index in [1.165, 1.54) is 35.6 Å². The second-order valence-corrected chi connectivity index (χ2v) is 7.94. The second-order valence-electron chi connectivity index (χ2n) is 6.53. The Morgan fingerprint density at radius 1 is 1.23 bits per heavy atom. The standard InChI is InChI=1S/C21H18ClFN4O2S/c22-17-3-1-4-18-20(17)25-21(30-18)27(11-2-10-26-12-9-24-14-26)19(28)13-29-16-7-5-15(23)6-8-16/h1,3-9,12,14H,2,10-11,13H2. The molecule has 1 amide bonds. The number of para-hydroxylation sites is 1. The topological polar surface area (TPSA) is 60.2 Å². The van der Waals surface area contributed by atoms with Gasteiger partial charge in [0, 0.05) is 25.5 Å². The number of benzene rings is 2. The maximum absolute atomic E-state index is 13.1. The zero-order chi connectivity index (χ0) is 20.9. The number of thiazole rings is 1. The minimum Gasteiger partial charge on any atom is -0.484 e. The van der Waals surface area contributed by atoms with Crippen LogP contribution in [0.15, 0.2) is 61.2 Å². The summed E-state index contributed by atoms with van der Waals surface area (Å²) in [6.45, 7) is 0.996. The lowest BCUT2D eigenvalue weighted by Crippen LogP contribution is -2.36. The molecule has 9 heteroatoms. The average Bonchev–Trinajstić information content (AvgIpc) is 3.41. The predicted molar refractivity (Wildman–Crippen MR) is 116 cm³/mol. The molecule has 6 nitrogen and oxygen atoms in total. The molecule has 0 aliphatic rings. The van der Waals surface area contributed by atoms with Gasteiger partial charge in [-0.05, 0) is 42.8 Å². The van der Waals surface area contributed by atoms with Crippen LogP contribution in [-0.4, -0.2) is 33.6 Å². The third-order valence-corrected chi connectivity index (χ3v) is 5.77. The Morgan fingerprint density at radius 2 is 2.07 bits per heavy atom. The number of hydrogen-bond acceptors (Lipinski definition) is 5. The van der Waals surface area contributed by atoms with Crippen molar-refractivity contribution in [1.29, 1.82) is 0 Å². The Morgan fingerprint density at radius 3 is 2.80 bits per heavy atom. The first-order chi connectivity index (χ1) is 14.6. The lowest BCUT2D eigenvalue weighted by molar-refractivity contribution is -0.120. The number of aromatic nitrogens is 3. The highest BCUT2D eigenvalue weighted by atomic mass is 35.5. The lowest BCUT2D eigenvalue weighted by Gasteiger charge is -2.20. The van der Waals surface area contributed by atoms with Crippen LogP contribution in [-0.2, 0) is 11.3 Å². The smallest absolute Gasteiger partial charge is 0.266 e. The van der Waals surface area contributed by atoms with Crippen LogP contribution < -0.4 is 9.64 Å². The number of anilines is 1. The van der Waals surface area contributed by atoms with Gasteiger partial charge < -0.3 is 9.30 Å². The van der Waals surface area contributed by atoms with Crippen LogP contribution in [0.3, 0.4) is 0 Å². The monoisotopic (exact) mass is 444 g/mol. The van der Waals surface area contributed by atoms with Crippen molar-refractivity contribution < 1.29 is 13.9 Å². The molecule has 0 spiro atoms. The first-order valence-electron chi connectivity index (χ1n) is 9.30. The molecule has 0 aliphatic heterocycles. The zero-order valence-electron chi connectivity index (χ0n) is 15.9. The number of aryl methyl sites for hydroxylation is 1. The van der Waals surface area contributed by atoms with E-state index >= 15 is 0 Å². The Bertz CT molecular complexity index is 1130. The molecule has 0 atom stereocenters. The molecule has 2 heterocycles. The minimum atomic E-state index is -0.360. The number of carbonyl (C=O) groups excluding carboxylic acids is 1. The van der Waals surface area contributed by atoms with Crippen LogP contribution in [0.2, 0.25) is 5.02 Å². The first-order valence-corrected chi connectivity index (χ1v) is 10.5. The minimum absolute atomic E-state index is 0.180. The van der Waals surface area contributed by atoms with Crippen LogP contribution in [0.5, 0.6) is 5.75 Å². The van der Waals surface area contributed by atoms with Crippen LogP contribution in [0.1, 0.15) is 6.42 Å². The van der Waals surface area contributed by atoms with Gasteiger partial charge in [0.05, 0.1) is 16.0 Å². The number of fused-ring (bicyclic) bond motifs is 1. The molecule has 30 heavy (non-hydrogen) atoms. The summed E-state index contributed by atoms with van der Waals surface area (Å²) in [4.78, 5) is 23.2. The number of nitrogens with zero attached hydrogens (tertiary/aromatic N) is 4. The van der Waals surface area contributed by atoms with E-state index in [4.69, 9.17) is 16.3 Å². The molecular formula is C21H18ClFN4O2S. The van der Waals surface area contributed by atoms with E-state index < -0.39 is 0 Å². The largest absolute Gasteiger partial charge is 0.484 e. The molecule has 4 rings (SSSR count). The number of ether oxygens (including phenoxy) is 1. The maximum atomic E-state index is 13.1. The van der Waals surface area contributed by atoms with Gasteiger partial charge in [0.15, 0.2) is 11.7 Å². The van der Waals surface area contributed by atoms with E-state index in [-0.39, 0.29) is 18.3 Å². The Labute approximate surface area is 181 Å². The Kier molecular flexibility index (Phi) is 6.25. The Balaban J connectivity index is 1.51. The molecule has 2 aromatic carbocycles. The van der Waals surface area contributed by atoms with Crippen molar-refractivity contribution in [3.63, 3.8) is 0 Å². The third-order valence-electron chi connectivity index (χ3n) is 4.42. The first kappa shape index (κ1) is 20.3. The summed E-state index contributed by atoms with van der Waals surface area (Å²) in [7, 11) is 0. The van der Waals surface area contributed by atoms with E-state index in [9.17, 15) is 9.18 Å². The summed E-state index contributed by atoms with van der Waals surface area (Å²) >= 11 is 7.66. The van der Waals surface area contributed by atoms with E-state index in [0.29, 0.717) is 40.9 Å². The van der Waals surface area contributed by atoms with Gasteiger partial charge in [-0.1, -0.05) is 29.0 Å². The molecule has 4 aromatic rings. The molecule has 154 valence electrons. The van der Waals surface area contributed by atoms with Crippen molar-refractivity contribution >= 4 is 44.2 Å². The quantitative estimate of drug-likeness (QED) is 0.392. The molecule has 0 radical (unpaired) electrons. The normalized spacial score (nSPS) is 11.0. The van der Waals surface area contributed by atoms with Crippen LogP contribution in [0, 0.1) is 5.82 Å². The molecule has 2 aromatic heterocycles. The SMILES string of the molecule is O=C(COc1ccc(F)cc1)N(CCCn1ccnc1)c1nc2c(Cl)cccc2s1. The van der Waals surface area contributed by atoms with Gasteiger partial charge in [-0.15, -0.1) is 0 Å². The summed E-state index contributed by atoms with van der Waals surface area (Å²) in [6, 6.07) is 11.1. The van der Waals surface area contributed by atoms with Crippen molar-refractivity contribution in [3.05, 3.63) is 72.0 Å². The maximum Gasteiger partial charge on any atom is 0.266 e. The van der Waals surface area contributed by atoms with Gasteiger partial charge in [-0.3, -0.25) is 9.69 Å². The molecule has 0 bridgehead atoms. The molecule has 0 aliphatic carbocycles. The van der Waals surface area contributed by atoms with Crippen molar-refractivity contribution in [3.8, 4) is 5.75 Å². The zero-order valence-corrected chi connectivity index (χ0v) is 17.4. The lowest BCUT2D eigenvalue weighted by atomic mass is 10.3. The fraction of sp³-hybridized carbons (Fsp3) is 0.190. The molecule has 0 unspecified atom stereocenters. The highest BCUT2D eigenvalue weighted by molar-refractivity contribution is 7.22. The Hall–Kier alpha value is -2.97.